The first-order valence-electron chi connectivity index (χ1n) is 6.77. The van der Waals surface area contributed by atoms with Gasteiger partial charge in [-0.05, 0) is 36.2 Å². The van der Waals surface area contributed by atoms with Crippen molar-refractivity contribution in [3.63, 3.8) is 0 Å². The minimum absolute atomic E-state index is 0.180. The minimum Gasteiger partial charge on any atom is -0.321 e. The molecule has 4 heteroatoms. The summed E-state index contributed by atoms with van der Waals surface area (Å²) in [5.74, 6) is 0.556. The number of nitrogens with zero attached hydrogens (tertiary/aromatic N) is 2. The molecule has 0 saturated heterocycles. The maximum Gasteiger partial charge on any atom is 0.244 e. The number of hydrogen-bond acceptors (Lipinski definition) is 1. The van der Waals surface area contributed by atoms with Crippen LogP contribution >= 0.6 is 15.9 Å². The number of anilines is 1. The van der Waals surface area contributed by atoms with E-state index >= 15 is 0 Å². The first-order valence-corrected chi connectivity index (χ1v) is 7.57. The Hall–Kier alpha value is -1.94. The number of rotatable bonds is 1. The molecule has 3 nitrogen and oxygen atoms in total. The highest BCUT2D eigenvalue weighted by atomic mass is 79.9. The predicted molar refractivity (Wildman–Crippen MR) is 88.7 cm³/mol. The lowest BCUT2D eigenvalue weighted by molar-refractivity contribution is -0.115. The molecule has 0 radical (unpaired) electrons. The zero-order valence-electron chi connectivity index (χ0n) is 11.9. The minimum atomic E-state index is -0.180. The average Bonchev–Trinajstić information content (AvgIpc) is 2.80. The summed E-state index contributed by atoms with van der Waals surface area (Å²) in [7, 11) is 0. The summed E-state index contributed by atoms with van der Waals surface area (Å²) in [5, 5.41) is 0. The molecule has 1 aliphatic heterocycles. The van der Waals surface area contributed by atoms with E-state index in [4.69, 9.17) is 0 Å². The third-order valence-corrected chi connectivity index (χ3v) is 4.45. The second kappa shape index (κ2) is 5.45. The van der Waals surface area contributed by atoms with Crippen LogP contribution in [0.5, 0.6) is 0 Å². The average molecular weight is 343 g/mol. The van der Waals surface area contributed by atoms with Crippen LogP contribution in [0.15, 0.2) is 51.9 Å². The van der Waals surface area contributed by atoms with Gasteiger partial charge in [-0.3, -0.25) is 4.79 Å². The number of aliphatic imine (C=N–C) groups is 1. The Morgan fingerprint density at radius 3 is 2.71 bits per heavy atom. The van der Waals surface area contributed by atoms with Crippen molar-refractivity contribution in [3.8, 4) is 0 Å². The van der Waals surface area contributed by atoms with E-state index in [2.05, 4.69) is 44.9 Å². The van der Waals surface area contributed by atoms with Crippen molar-refractivity contribution in [1.29, 1.82) is 0 Å². The molecule has 3 rings (SSSR count). The van der Waals surface area contributed by atoms with Gasteiger partial charge in [0.15, 0.2) is 0 Å². The Bertz CT molecular complexity index is 752. The number of fused-ring (bicyclic) bond motifs is 1. The van der Waals surface area contributed by atoms with Crippen LogP contribution in [0.25, 0.3) is 0 Å². The van der Waals surface area contributed by atoms with E-state index in [0.717, 1.165) is 33.7 Å². The maximum atomic E-state index is 11.5. The quantitative estimate of drug-likeness (QED) is 0.782. The van der Waals surface area contributed by atoms with E-state index in [1.807, 2.05) is 30.3 Å². The Balaban J connectivity index is 2.10. The maximum absolute atomic E-state index is 11.5. The summed E-state index contributed by atoms with van der Waals surface area (Å²) in [4.78, 5) is 17.8. The number of carbonyl (C=O) groups excluding carboxylic acids is 1. The molecule has 21 heavy (non-hydrogen) atoms. The van der Waals surface area contributed by atoms with E-state index in [-0.39, 0.29) is 5.91 Å². The lowest BCUT2D eigenvalue weighted by Crippen LogP contribution is -2.25. The molecule has 2 aromatic carbocycles. The Kier molecular flexibility index (Phi) is 3.64. The topological polar surface area (TPSA) is 32.7 Å². The van der Waals surface area contributed by atoms with E-state index < -0.39 is 0 Å². The van der Waals surface area contributed by atoms with Gasteiger partial charge >= 0.3 is 0 Å². The molecule has 1 amide bonds. The largest absolute Gasteiger partial charge is 0.321 e. The van der Waals surface area contributed by atoms with E-state index in [9.17, 15) is 4.79 Å². The predicted octanol–water partition coefficient (Wildman–Crippen LogP) is 4.07. The molecular formula is C17H15BrN2O. The third-order valence-electron chi connectivity index (χ3n) is 3.56. The fraction of sp³-hybridized carbons (Fsp3) is 0.176. The van der Waals surface area contributed by atoms with Crippen molar-refractivity contribution < 1.29 is 4.79 Å². The highest BCUT2D eigenvalue weighted by molar-refractivity contribution is 9.10. The standard InChI is InChI=1S/C17H15BrN2O/c1-11-9-14(7-8-16(11)18)20-10-13-5-3-4-6-15(13)17(20)19-12(2)21/h3-9H,10H2,1-2H3. The first kappa shape index (κ1) is 14.0. The second-order valence-electron chi connectivity index (χ2n) is 5.13. The van der Waals surface area contributed by atoms with Gasteiger partial charge in [0.1, 0.15) is 5.84 Å². The lowest BCUT2D eigenvalue weighted by Gasteiger charge is -2.20. The Morgan fingerprint density at radius 1 is 1.24 bits per heavy atom. The van der Waals surface area contributed by atoms with Gasteiger partial charge in [-0.25, -0.2) is 0 Å². The van der Waals surface area contributed by atoms with Crippen LogP contribution in [0.2, 0.25) is 0 Å². The molecule has 0 spiro atoms. The number of carbonyl (C=O) groups is 1. The highest BCUT2D eigenvalue weighted by Gasteiger charge is 2.26. The first-order chi connectivity index (χ1) is 10.1. The van der Waals surface area contributed by atoms with Crippen LogP contribution in [0, 0.1) is 6.92 Å². The van der Waals surface area contributed by atoms with Crippen molar-refractivity contribution >= 4 is 33.4 Å². The Morgan fingerprint density at radius 2 is 2.00 bits per heavy atom. The number of aryl methyl sites for hydroxylation is 1. The normalized spacial score (nSPS) is 15.4. The van der Waals surface area contributed by atoms with Gasteiger partial charge in [0.2, 0.25) is 5.91 Å². The second-order valence-corrected chi connectivity index (χ2v) is 5.99. The molecule has 0 N–H and O–H groups in total. The van der Waals surface area contributed by atoms with Gasteiger partial charge in [-0.2, -0.15) is 4.99 Å². The number of halogens is 1. The zero-order chi connectivity index (χ0) is 15.0. The van der Waals surface area contributed by atoms with Gasteiger partial charge in [-0.15, -0.1) is 0 Å². The van der Waals surface area contributed by atoms with E-state index in [0.29, 0.717) is 0 Å². The molecule has 0 unspecified atom stereocenters. The van der Waals surface area contributed by atoms with Crippen LogP contribution in [-0.4, -0.2) is 11.7 Å². The van der Waals surface area contributed by atoms with E-state index in [1.165, 1.54) is 12.5 Å². The molecule has 0 atom stereocenters. The molecule has 106 valence electrons. The highest BCUT2D eigenvalue weighted by Crippen LogP contribution is 2.31. The molecule has 0 aliphatic carbocycles. The summed E-state index contributed by atoms with van der Waals surface area (Å²) in [5.41, 5.74) is 4.43. The van der Waals surface area contributed by atoms with Crippen molar-refractivity contribution in [3.05, 3.63) is 63.6 Å². The molecule has 1 heterocycles. The molecule has 2 aromatic rings. The number of amidine groups is 1. The van der Waals surface area contributed by atoms with Crippen molar-refractivity contribution in [1.82, 2.24) is 0 Å². The number of benzene rings is 2. The van der Waals surface area contributed by atoms with Crippen LogP contribution in [0.4, 0.5) is 5.69 Å². The molecule has 1 aliphatic rings. The molecule has 0 aromatic heterocycles. The summed E-state index contributed by atoms with van der Waals surface area (Å²) in [6, 6.07) is 14.3. The van der Waals surface area contributed by atoms with Crippen molar-refractivity contribution in [2.24, 2.45) is 4.99 Å². The summed E-state index contributed by atoms with van der Waals surface area (Å²) in [6.07, 6.45) is 0. The molecular weight excluding hydrogens is 328 g/mol. The fourth-order valence-electron chi connectivity index (χ4n) is 2.55. The van der Waals surface area contributed by atoms with Crippen LogP contribution in [-0.2, 0) is 11.3 Å². The smallest absolute Gasteiger partial charge is 0.244 e. The van der Waals surface area contributed by atoms with Crippen molar-refractivity contribution in [2.75, 3.05) is 4.90 Å². The summed E-state index contributed by atoms with van der Waals surface area (Å²) < 4.78 is 1.08. The molecule has 0 fully saturated rings. The summed E-state index contributed by atoms with van der Waals surface area (Å²) >= 11 is 3.52. The fourth-order valence-corrected chi connectivity index (χ4v) is 2.79. The van der Waals surface area contributed by atoms with Gasteiger partial charge in [0.25, 0.3) is 0 Å². The van der Waals surface area contributed by atoms with E-state index in [1.54, 1.807) is 0 Å². The molecule has 0 saturated carbocycles. The number of hydrogen-bond donors (Lipinski definition) is 0. The summed E-state index contributed by atoms with van der Waals surface area (Å²) in [6.45, 7) is 4.28. The third kappa shape index (κ3) is 2.63. The van der Waals surface area contributed by atoms with Crippen LogP contribution in [0.3, 0.4) is 0 Å². The van der Waals surface area contributed by atoms with Crippen molar-refractivity contribution in [2.45, 2.75) is 20.4 Å². The van der Waals surface area contributed by atoms with Gasteiger partial charge in [-0.1, -0.05) is 40.2 Å². The Labute approximate surface area is 132 Å². The SMILES string of the molecule is CC(=O)N=C1c2ccccc2CN1c1ccc(Br)c(C)c1. The number of amides is 1. The lowest BCUT2D eigenvalue weighted by atomic mass is 10.1. The van der Waals surface area contributed by atoms with Crippen LogP contribution in [0.1, 0.15) is 23.6 Å². The van der Waals surface area contributed by atoms with Gasteiger partial charge < -0.3 is 4.90 Å². The zero-order valence-corrected chi connectivity index (χ0v) is 13.5. The molecule has 0 bridgehead atoms. The van der Waals surface area contributed by atoms with Crippen LogP contribution < -0.4 is 4.90 Å². The van der Waals surface area contributed by atoms with Gasteiger partial charge in [0.05, 0.1) is 6.54 Å². The monoisotopic (exact) mass is 342 g/mol. The van der Waals surface area contributed by atoms with Gasteiger partial charge in [0, 0.05) is 22.6 Å².